The number of amides is 2. The molecular weight excluding hydrogens is 629 g/mol. The summed E-state index contributed by atoms with van der Waals surface area (Å²) < 4.78 is 56.9. The molecule has 0 radical (unpaired) electrons. The number of imidazole rings is 1. The number of anilines is 1. The first-order valence-electron chi connectivity index (χ1n) is 14.5. The molecule has 0 aliphatic carbocycles. The third-order valence-corrected chi connectivity index (χ3v) is 11.1. The molecule has 3 aromatic rings. The van der Waals surface area contributed by atoms with E-state index in [0.29, 0.717) is 25.1 Å². The van der Waals surface area contributed by atoms with Gasteiger partial charge in [0.15, 0.2) is 5.69 Å². The van der Waals surface area contributed by atoms with Gasteiger partial charge in [-0.15, -0.1) is 0 Å². The van der Waals surface area contributed by atoms with Crippen LogP contribution in [-0.2, 0) is 38.9 Å². The molecule has 3 unspecified atom stereocenters. The maximum Gasteiger partial charge on any atom is 0.303 e. The van der Waals surface area contributed by atoms with Crippen molar-refractivity contribution in [3.63, 3.8) is 0 Å². The Balaban J connectivity index is 1.53. The molecule has 5 rings (SSSR count). The highest BCUT2D eigenvalue weighted by molar-refractivity contribution is 7.93. The van der Waals surface area contributed by atoms with Crippen LogP contribution >= 0.6 is 0 Å². The van der Waals surface area contributed by atoms with Crippen LogP contribution in [0.15, 0.2) is 34.1 Å². The van der Waals surface area contributed by atoms with Crippen LogP contribution in [0.1, 0.15) is 42.7 Å². The van der Waals surface area contributed by atoms with Gasteiger partial charge in [-0.1, -0.05) is 19.9 Å². The van der Waals surface area contributed by atoms with Crippen molar-refractivity contribution in [2.45, 2.75) is 44.7 Å². The number of carbonyl (C=O) groups is 2. The smallest absolute Gasteiger partial charge is 0.303 e. The summed E-state index contributed by atoms with van der Waals surface area (Å²) in [6, 6.07) is 3.60. The Bertz CT molecular complexity index is 1850. The molecule has 4 heterocycles. The van der Waals surface area contributed by atoms with E-state index in [4.69, 9.17) is 0 Å². The Labute approximate surface area is 262 Å². The largest absolute Gasteiger partial charge is 0.501 e. The van der Waals surface area contributed by atoms with Crippen molar-refractivity contribution in [1.82, 2.24) is 28.5 Å². The topological polar surface area (TPSA) is 167 Å². The summed E-state index contributed by atoms with van der Waals surface area (Å²) in [5, 5.41) is 13.4. The Hall–Kier alpha value is -3.83. The molecule has 2 aromatic heterocycles. The SMILES string of the molecule is CC1CC(C)CN(C(=O)Cn2cc(N3CCCS3(=O)=O)n3c(=O)c(O)c(C(=O)NCc4ccc(F)cc4S(=O)N(C)C)nc23)C1. The van der Waals surface area contributed by atoms with Crippen LogP contribution in [0.5, 0.6) is 5.75 Å². The number of piperidine rings is 1. The highest BCUT2D eigenvalue weighted by atomic mass is 32.2. The van der Waals surface area contributed by atoms with Crippen LogP contribution < -0.4 is 15.2 Å². The predicted molar refractivity (Wildman–Crippen MR) is 164 cm³/mol. The lowest BCUT2D eigenvalue weighted by molar-refractivity contribution is -0.134. The van der Waals surface area contributed by atoms with E-state index in [9.17, 15) is 36.5 Å². The van der Waals surface area contributed by atoms with Gasteiger partial charge in [-0.25, -0.2) is 30.7 Å². The molecule has 2 N–H and O–H groups in total. The number of nitrogens with one attached hydrogen (secondary N) is 1. The van der Waals surface area contributed by atoms with Gasteiger partial charge in [0.1, 0.15) is 29.2 Å². The molecule has 0 spiro atoms. The number of halogens is 1. The number of fused-ring (bicyclic) bond motifs is 1. The Kier molecular flexibility index (Phi) is 9.06. The molecule has 0 saturated carbocycles. The molecule has 0 bridgehead atoms. The van der Waals surface area contributed by atoms with Gasteiger partial charge in [0.2, 0.25) is 27.5 Å². The van der Waals surface area contributed by atoms with E-state index in [1.165, 1.54) is 21.1 Å². The number of nitrogens with zero attached hydrogens (tertiary/aromatic N) is 6. The number of benzene rings is 1. The highest BCUT2D eigenvalue weighted by Crippen LogP contribution is 2.28. The van der Waals surface area contributed by atoms with Crippen molar-refractivity contribution in [3.05, 3.63) is 51.8 Å². The van der Waals surface area contributed by atoms with Crippen LogP contribution in [0.3, 0.4) is 0 Å². The van der Waals surface area contributed by atoms with Gasteiger partial charge in [-0.05, 0) is 56.5 Å². The monoisotopic (exact) mass is 665 g/mol. The van der Waals surface area contributed by atoms with E-state index >= 15 is 0 Å². The van der Waals surface area contributed by atoms with Crippen molar-refractivity contribution in [2.24, 2.45) is 11.8 Å². The number of carbonyl (C=O) groups excluding carboxylic acids is 2. The van der Waals surface area contributed by atoms with Crippen LogP contribution in [-0.4, -0.2) is 92.2 Å². The van der Waals surface area contributed by atoms with Crippen molar-refractivity contribution < 1.29 is 31.7 Å². The minimum absolute atomic E-state index is 0.0836. The Morgan fingerprint density at radius 2 is 1.89 bits per heavy atom. The first kappa shape index (κ1) is 32.6. The summed E-state index contributed by atoms with van der Waals surface area (Å²) in [6.45, 7) is 4.75. The van der Waals surface area contributed by atoms with Gasteiger partial charge < -0.3 is 19.9 Å². The number of rotatable bonds is 8. The van der Waals surface area contributed by atoms with E-state index < -0.39 is 49.7 Å². The molecule has 14 nitrogen and oxygen atoms in total. The van der Waals surface area contributed by atoms with Crippen molar-refractivity contribution in [3.8, 4) is 5.75 Å². The van der Waals surface area contributed by atoms with Crippen LogP contribution in [0, 0.1) is 17.7 Å². The minimum atomic E-state index is -3.78. The second-order valence-corrected chi connectivity index (χ2v) is 15.5. The summed E-state index contributed by atoms with van der Waals surface area (Å²) in [5.41, 5.74) is -1.42. The zero-order valence-corrected chi connectivity index (χ0v) is 27.0. The van der Waals surface area contributed by atoms with E-state index in [-0.39, 0.29) is 59.6 Å². The van der Waals surface area contributed by atoms with Gasteiger partial charge in [0.25, 0.3) is 5.91 Å². The van der Waals surface area contributed by atoms with Crippen molar-refractivity contribution in [1.29, 1.82) is 0 Å². The van der Waals surface area contributed by atoms with Crippen LogP contribution in [0.4, 0.5) is 10.2 Å². The van der Waals surface area contributed by atoms with Crippen molar-refractivity contribution in [2.75, 3.05) is 43.8 Å². The zero-order valence-electron chi connectivity index (χ0n) is 25.4. The number of aromatic hydroxyl groups is 1. The fourth-order valence-electron chi connectivity index (χ4n) is 5.91. The van der Waals surface area contributed by atoms with Crippen molar-refractivity contribution >= 4 is 44.4 Å². The average Bonchev–Trinajstić information content (AvgIpc) is 3.51. The summed E-state index contributed by atoms with van der Waals surface area (Å²) in [4.78, 5) is 46.4. The van der Waals surface area contributed by atoms with E-state index in [1.54, 1.807) is 19.0 Å². The fraction of sp³-hybridized carbons (Fsp3) is 0.500. The highest BCUT2D eigenvalue weighted by Gasteiger charge is 2.34. The molecule has 1 aromatic carbocycles. The molecule has 2 aliphatic rings. The standard InChI is InChI=1S/C28H36FN7O7S2/c1-17-10-18(2)14-33(13-17)23(37)16-34-15-22(35-8-5-9-45(35,42)43)36-27(40)25(38)24(31-28(34)36)26(39)30-12-19-6-7-20(29)11-21(19)44(41)32(3)4/h6-7,11,15,17-18,38H,5,8-10,12-14,16H2,1-4H3,(H,30,39). The number of likely N-dealkylation sites (tertiary alicyclic amines) is 1. The Morgan fingerprint density at radius 1 is 1.20 bits per heavy atom. The number of hydrogen-bond acceptors (Lipinski definition) is 8. The molecule has 2 fully saturated rings. The first-order valence-corrected chi connectivity index (χ1v) is 17.2. The van der Waals surface area contributed by atoms with Gasteiger partial charge in [0, 0.05) is 26.2 Å². The predicted octanol–water partition coefficient (Wildman–Crippen LogP) is 0.899. The maximum atomic E-state index is 13.9. The number of sulfonamides is 1. The summed E-state index contributed by atoms with van der Waals surface area (Å²) in [6.07, 6.45) is 2.62. The van der Waals surface area contributed by atoms with Crippen LogP contribution in [0.25, 0.3) is 5.78 Å². The molecule has 244 valence electrons. The first-order chi connectivity index (χ1) is 21.2. The molecule has 2 amide bonds. The van der Waals surface area contributed by atoms with Crippen LogP contribution in [0.2, 0.25) is 0 Å². The lowest BCUT2D eigenvalue weighted by Gasteiger charge is -2.35. The molecule has 2 saturated heterocycles. The molecule has 3 atom stereocenters. The molecule has 17 heteroatoms. The molecular formula is C28H36FN7O7S2. The number of aromatic nitrogens is 3. The lowest BCUT2D eigenvalue weighted by atomic mass is 9.92. The Morgan fingerprint density at radius 3 is 2.51 bits per heavy atom. The minimum Gasteiger partial charge on any atom is -0.501 e. The zero-order chi connectivity index (χ0) is 32.8. The van der Waals surface area contributed by atoms with Gasteiger partial charge in [-0.3, -0.25) is 18.7 Å². The third-order valence-electron chi connectivity index (χ3n) is 7.88. The second-order valence-electron chi connectivity index (χ2n) is 11.8. The van der Waals surface area contributed by atoms with E-state index in [2.05, 4.69) is 24.1 Å². The quantitative estimate of drug-likeness (QED) is 0.358. The van der Waals surface area contributed by atoms with E-state index in [1.807, 2.05) is 0 Å². The number of hydrogen-bond donors (Lipinski definition) is 2. The molecule has 2 aliphatic heterocycles. The molecule has 45 heavy (non-hydrogen) atoms. The third kappa shape index (κ3) is 6.46. The van der Waals surface area contributed by atoms with Gasteiger partial charge >= 0.3 is 5.56 Å². The van der Waals surface area contributed by atoms with Gasteiger partial charge in [-0.2, -0.15) is 0 Å². The summed E-state index contributed by atoms with van der Waals surface area (Å²) in [5.74, 6) is -2.75. The van der Waals surface area contributed by atoms with Gasteiger partial charge in [0.05, 0.1) is 16.8 Å². The maximum absolute atomic E-state index is 13.9. The second kappa shape index (κ2) is 12.5. The summed E-state index contributed by atoms with van der Waals surface area (Å²) in [7, 11) is -2.42. The average molecular weight is 666 g/mol. The fourth-order valence-corrected chi connectivity index (χ4v) is 8.41. The lowest BCUT2D eigenvalue weighted by Crippen LogP contribution is -2.44. The summed E-state index contributed by atoms with van der Waals surface area (Å²) >= 11 is 0. The van der Waals surface area contributed by atoms with E-state index in [0.717, 1.165) is 27.3 Å². The normalized spacial score (nSPS) is 20.6.